The van der Waals surface area contributed by atoms with Crippen LogP contribution < -0.4 is 4.74 Å². The van der Waals surface area contributed by atoms with E-state index < -0.39 is 0 Å². The van der Waals surface area contributed by atoms with Crippen LogP contribution in [0.2, 0.25) is 0 Å². The van der Waals surface area contributed by atoms with Gasteiger partial charge in [-0.3, -0.25) is 4.90 Å². The predicted octanol–water partition coefficient (Wildman–Crippen LogP) is 3.03. The fraction of sp³-hybridized carbons (Fsp3) is 0.474. The van der Waals surface area contributed by atoms with E-state index in [1.54, 1.807) is 13.2 Å². The Morgan fingerprint density at radius 1 is 1.29 bits per heavy atom. The van der Waals surface area contributed by atoms with E-state index >= 15 is 0 Å². The first-order valence-corrected chi connectivity index (χ1v) is 8.54. The summed E-state index contributed by atoms with van der Waals surface area (Å²) in [5.41, 5.74) is 1.27. The average Bonchev–Trinajstić information content (AvgIpc) is 2.77. The van der Waals surface area contributed by atoms with E-state index in [4.69, 9.17) is 9.47 Å². The normalized spacial score (nSPS) is 26.5. The lowest BCUT2D eigenvalue weighted by Crippen LogP contribution is -2.40. The van der Waals surface area contributed by atoms with Crippen LogP contribution in [-0.2, 0) is 4.74 Å². The van der Waals surface area contributed by atoms with Gasteiger partial charge in [-0.1, -0.05) is 24.6 Å². The van der Waals surface area contributed by atoms with Crippen molar-refractivity contribution < 1.29 is 14.3 Å². The molecule has 2 aliphatic heterocycles. The van der Waals surface area contributed by atoms with Crippen molar-refractivity contribution in [1.29, 1.82) is 0 Å². The highest BCUT2D eigenvalue weighted by atomic mass is 16.5. The highest BCUT2D eigenvalue weighted by Gasteiger charge is 2.43. The number of nitrogens with zero attached hydrogens (tertiary/aromatic N) is 2. The van der Waals surface area contributed by atoms with Gasteiger partial charge in [-0.2, -0.15) is 0 Å². The second-order valence-corrected chi connectivity index (χ2v) is 6.73. The second-order valence-electron chi connectivity index (χ2n) is 6.73. The van der Waals surface area contributed by atoms with Crippen molar-refractivity contribution in [2.45, 2.75) is 43.9 Å². The van der Waals surface area contributed by atoms with Crippen molar-refractivity contribution in [1.82, 2.24) is 9.88 Å². The minimum atomic E-state index is -0.280. The van der Waals surface area contributed by atoms with Crippen LogP contribution in [0.3, 0.4) is 0 Å². The van der Waals surface area contributed by atoms with E-state index in [-0.39, 0.29) is 12.1 Å². The molecular formula is C19H22N2O3. The van der Waals surface area contributed by atoms with E-state index in [0.717, 1.165) is 23.7 Å². The van der Waals surface area contributed by atoms with Gasteiger partial charge in [-0.15, -0.1) is 0 Å². The number of pyridine rings is 1. The number of hydrogen-bond acceptors (Lipinski definition) is 5. The van der Waals surface area contributed by atoms with Crippen molar-refractivity contribution >= 4 is 16.9 Å². The third-order valence-electron chi connectivity index (χ3n) is 5.45. The van der Waals surface area contributed by atoms with Crippen molar-refractivity contribution in [3.63, 3.8) is 0 Å². The monoisotopic (exact) mass is 326 g/mol. The highest BCUT2D eigenvalue weighted by molar-refractivity contribution is 6.03. The van der Waals surface area contributed by atoms with Crippen LogP contribution in [0.15, 0.2) is 30.3 Å². The summed E-state index contributed by atoms with van der Waals surface area (Å²) in [5, 5.41) is 0.803. The van der Waals surface area contributed by atoms with Crippen LogP contribution in [0, 0.1) is 0 Å². The molecule has 126 valence electrons. The average molecular weight is 326 g/mol. The number of carbonyl (C=O) groups is 1. The minimum absolute atomic E-state index is 0.0204. The lowest BCUT2D eigenvalue weighted by Gasteiger charge is -2.31. The Balaban J connectivity index is 1.64. The SMILES string of the molecule is COc1cc(C(=O)OC2C[C@@H]3CCC[C@H]2N3C)c2ccccc2n1. The van der Waals surface area contributed by atoms with E-state index in [1.807, 2.05) is 24.3 Å². The van der Waals surface area contributed by atoms with Crippen LogP contribution >= 0.6 is 0 Å². The van der Waals surface area contributed by atoms with Gasteiger partial charge in [0, 0.05) is 30.0 Å². The molecule has 0 aliphatic carbocycles. The quantitative estimate of drug-likeness (QED) is 0.812. The summed E-state index contributed by atoms with van der Waals surface area (Å²) in [4.78, 5) is 19.6. The number of benzene rings is 1. The number of methoxy groups -OCH3 is 1. The van der Waals surface area contributed by atoms with Gasteiger partial charge in [0.1, 0.15) is 6.10 Å². The van der Waals surface area contributed by atoms with Gasteiger partial charge >= 0.3 is 5.97 Å². The van der Waals surface area contributed by atoms with Gasteiger partial charge in [-0.05, 0) is 26.0 Å². The smallest absolute Gasteiger partial charge is 0.339 e. The molecule has 2 aromatic rings. The molecule has 1 unspecified atom stereocenters. The molecule has 3 atom stereocenters. The van der Waals surface area contributed by atoms with Gasteiger partial charge in [0.05, 0.1) is 18.2 Å². The Labute approximate surface area is 141 Å². The van der Waals surface area contributed by atoms with E-state index in [0.29, 0.717) is 23.5 Å². The Hall–Kier alpha value is -2.14. The lowest BCUT2D eigenvalue weighted by molar-refractivity contribution is 0.0199. The highest BCUT2D eigenvalue weighted by Crippen LogP contribution is 2.36. The summed E-state index contributed by atoms with van der Waals surface area (Å²) in [5.74, 6) is 0.154. The summed E-state index contributed by atoms with van der Waals surface area (Å²) in [6, 6.07) is 10.2. The molecule has 2 aliphatic rings. The third-order valence-corrected chi connectivity index (χ3v) is 5.45. The van der Waals surface area contributed by atoms with Gasteiger partial charge in [0.25, 0.3) is 0 Å². The summed E-state index contributed by atoms with van der Waals surface area (Å²) < 4.78 is 11.2. The molecule has 1 aromatic carbocycles. The molecule has 0 N–H and O–H groups in total. The second kappa shape index (κ2) is 6.06. The molecule has 0 spiro atoms. The fourth-order valence-electron chi connectivity index (χ4n) is 4.15. The third kappa shape index (κ3) is 2.53. The summed E-state index contributed by atoms with van der Waals surface area (Å²) >= 11 is 0. The Morgan fingerprint density at radius 2 is 2.12 bits per heavy atom. The molecule has 2 bridgehead atoms. The number of fused-ring (bicyclic) bond motifs is 3. The molecule has 0 radical (unpaired) electrons. The molecule has 2 fully saturated rings. The van der Waals surface area contributed by atoms with Crippen LogP contribution in [0.1, 0.15) is 36.0 Å². The zero-order valence-corrected chi connectivity index (χ0v) is 14.1. The van der Waals surface area contributed by atoms with Crippen LogP contribution in [0.5, 0.6) is 5.88 Å². The maximum absolute atomic E-state index is 12.9. The van der Waals surface area contributed by atoms with Crippen molar-refractivity contribution in [2.24, 2.45) is 0 Å². The Bertz CT molecular complexity index is 776. The topological polar surface area (TPSA) is 51.7 Å². The van der Waals surface area contributed by atoms with Gasteiger partial charge in [0.2, 0.25) is 5.88 Å². The molecular weight excluding hydrogens is 304 g/mol. The molecule has 2 saturated heterocycles. The van der Waals surface area contributed by atoms with E-state index in [9.17, 15) is 4.79 Å². The molecule has 4 rings (SSSR count). The number of aromatic nitrogens is 1. The maximum atomic E-state index is 12.9. The van der Waals surface area contributed by atoms with Gasteiger partial charge in [0.15, 0.2) is 0 Å². The molecule has 0 saturated carbocycles. The standard InChI is InChI=1S/C19H22N2O3/c1-21-12-6-5-9-16(21)17(10-12)24-19(22)14-11-18(23-2)20-15-8-4-3-7-13(14)15/h3-4,7-8,11-12,16-17H,5-6,9-10H2,1-2H3/t12-,16+,17?/m0/s1. The molecule has 5 nitrogen and oxygen atoms in total. The van der Waals surface area contributed by atoms with Crippen LogP contribution in [0.4, 0.5) is 0 Å². The number of hydrogen-bond donors (Lipinski definition) is 0. The minimum Gasteiger partial charge on any atom is -0.481 e. The number of ether oxygens (including phenoxy) is 2. The van der Waals surface area contributed by atoms with E-state index in [1.165, 1.54) is 12.8 Å². The van der Waals surface area contributed by atoms with Crippen molar-refractivity contribution in [2.75, 3.05) is 14.2 Å². The van der Waals surface area contributed by atoms with Crippen molar-refractivity contribution in [3.05, 3.63) is 35.9 Å². The number of likely N-dealkylation sites (N-methyl/N-ethyl adjacent to an activating group) is 1. The largest absolute Gasteiger partial charge is 0.481 e. The summed E-state index contributed by atoms with van der Waals surface area (Å²) in [6.07, 6.45) is 4.44. The molecule has 0 amide bonds. The summed E-state index contributed by atoms with van der Waals surface area (Å²) in [6.45, 7) is 0. The Morgan fingerprint density at radius 3 is 2.92 bits per heavy atom. The fourth-order valence-corrected chi connectivity index (χ4v) is 4.15. The van der Waals surface area contributed by atoms with Crippen LogP contribution in [0.25, 0.3) is 10.9 Å². The van der Waals surface area contributed by atoms with Gasteiger partial charge < -0.3 is 9.47 Å². The first-order chi connectivity index (χ1) is 11.7. The summed E-state index contributed by atoms with van der Waals surface area (Å²) in [7, 11) is 3.70. The zero-order valence-electron chi connectivity index (χ0n) is 14.1. The predicted molar refractivity (Wildman–Crippen MR) is 91.3 cm³/mol. The first-order valence-electron chi connectivity index (χ1n) is 8.54. The number of esters is 1. The molecule has 24 heavy (non-hydrogen) atoms. The Kier molecular flexibility index (Phi) is 3.88. The number of carbonyl (C=O) groups excluding carboxylic acids is 1. The number of piperidine rings is 1. The molecule has 1 aromatic heterocycles. The first kappa shape index (κ1) is 15.4. The van der Waals surface area contributed by atoms with Crippen LogP contribution in [-0.4, -0.2) is 48.2 Å². The maximum Gasteiger partial charge on any atom is 0.339 e. The molecule has 3 heterocycles. The van der Waals surface area contributed by atoms with Crippen molar-refractivity contribution in [3.8, 4) is 5.88 Å². The van der Waals surface area contributed by atoms with E-state index in [2.05, 4.69) is 16.9 Å². The number of rotatable bonds is 3. The zero-order chi connectivity index (χ0) is 16.7. The lowest BCUT2D eigenvalue weighted by atomic mass is 10.0. The molecule has 5 heteroatoms. The van der Waals surface area contributed by atoms with Gasteiger partial charge in [-0.25, -0.2) is 9.78 Å². The number of para-hydroxylation sites is 1.